The second-order valence-corrected chi connectivity index (χ2v) is 8.34. The number of hydrogen-bond acceptors (Lipinski definition) is 5. The maximum Gasteiger partial charge on any atom is 0.275 e. The number of amides is 3. The van der Waals surface area contributed by atoms with Crippen LogP contribution in [-0.4, -0.2) is 40.7 Å². The van der Waals surface area contributed by atoms with E-state index in [1.807, 2.05) is 0 Å². The summed E-state index contributed by atoms with van der Waals surface area (Å²) in [7, 11) is 0. The summed E-state index contributed by atoms with van der Waals surface area (Å²) >= 11 is 1.17. The van der Waals surface area contributed by atoms with Crippen LogP contribution in [0.2, 0.25) is 0 Å². The molecule has 1 fully saturated rings. The smallest absolute Gasteiger partial charge is 0.275 e. The van der Waals surface area contributed by atoms with E-state index in [4.69, 9.17) is 5.73 Å². The average molecular weight is 453 g/mol. The van der Waals surface area contributed by atoms with Crippen LogP contribution in [0.1, 0.15) is 33.7 Å². The molecule has 4 rings (SSSR count). The standard InChI is InChI=1S/C23H21FN4O3S/c24-17-7-3-1-5-15(17)22-27-19(13-32-22)21(30)26-18-8-4-2-6-16(18)23(31)28-11-9-14(10-12-28)20(25)29/h1-8,13-14H,9-12H2,(H2,25,29)(H,26,30). The van der Waals surface area contributed by atoms with Gasteiger partial charge in [0.2, 0.25) is 5.91 Å². The van der Waals surface area contributed by atoms with Crippen molar-refractivity contribution in [1.29, 1.82) is 0 Å². The molecule has 3 N–H and O–H groups in total. The Morgan fingerprint density at radius 3 is 2.47 bits per heavy atom. The van der Waals surface area contributed by atoms with Gasteiger partial charge in [0.15, 0.2) is 0 Å². The van der Waals surface area contributed by atoms with Gasteiger partial charge in [0, 0.05) is 30.0 Å². The van der Waals surface area contributed by atoms with E-state index in [-0.39, 0.29) is 23.4 Å². The Hall–Kier alpha value is -3.59. The maximum atomic E-state index is 14.0. The highest BCUT2D eigenvalue weighted by atomic mass is 32.1. The number of para-hydroxylation sites is 1. The van der Waals surface area contributed by atoms with Gasteiger partial charge in [0.25, 0.3) is 11.8 Å². The van der Waals surface area contributed by atoms with E-state index in [1.54, 1.807) is 52.7 Å². The summed E-state index contributed by atoms with van der Waals surface area (Å²) in [5.74, 6) is -1.69. The van der Waals surface area contributed by atoms with Gasteiger partial charge in [-0.25, -0.2) is 9.37 Å². The number of anilines is 1. The molecule has 3 amide bonds. The molecule has 1 saturated heterocycles. The average Bonchev–Trinajstić information content (AvgIpc) is 3.29. The molecule has 1 aromatic heterocycles. The Balaban J connectivity index is 1.49. The summed E-state index contributed by atoms with van der Waals surface area (Å²) in [6.45, 7) is 0.847. The number of halogens is 1. The number of likely N-dealkylation sites (tertiary alicyclic amines) is 1. The van der Waals surface area contributed by atoms with Crippen molar-refractivity contribution in [2.45, 2.75) is 12.8 Å². The molecular formula is C23H21FN4O3S. The molecular weight excluding hydrogens is 431 g/mol. The summed E-state index contributed by atoms with van der Waals surface area (Å²) < 4.78 is 14.0. The molecule has 1 aliphatic heterocycles. The van der Waals surface area contributed by atoms with Crippen LogP contribution in [-0.2, 0) is 4.79 Å². The fraction of sp³-hybridized carbons (Fsp3) is 0.217. The number of nitrogens with zero attached hydrogens (tertiary/aromatic N) is 2. The molecule has 0 radical (unpaired) electrons. The van der Waals surface area contributed by atoms with E-state index in [0.29, 0.717) is 47.8 Å². The Morgan fingerprint density at radius 2 is 1.75 bits per heavy atom. The van der Waals surface area contributed by atoms with Crippen LogP contribution in [0, 0.1) is 11.7 Å². The lowest BCUT2D eigenvalue weighted by Gasteiger charge is -2.31. The Kier molecular flexibility index (Phi) is 6.27. The highest BCUT2D eigenvalue weighted by molar-refractivity contribution is 7.13. The highest BCUT2D eigenvalue weighted by Gasteiger charge is 2.28. The number of rotatable bonds is 5. The van der Waals surface area contributed by atoms with Crippen LogP contribution in [0.5, 0.6) is 0 Å². The topological polar surface area (TPSA) is 105 Å². The van der Waals surface area contributed by atoms with Gasteiger partial charge in [-0.05, 0) is 37.1 Å². The third-order valence-corrected chi connectivity index (χ3v) is 6.31. The predicted octanol–water partition coefficient (Wildman–Crippen LogP) is 3.54. The number of benzene rings is 2. The number of primary amides is 1. The fourth-order valence-electron chi connectivity index (χ4n) is 3.64. The van der Waals surface area contributed by atoms with Crippen LogP contribution in [0.3, 0.4) is 0 Å². The molecule has 2 heterocycles. The fourth-order valence-corrected chi connectivity index (χ4v) is 4.47. The molecule has 0 unspecified atom stereocenters. The van der Waals surface area contributed by atoms with Crippen molar-refractivity contribution in [1.82, 2.24) is 9.88 Å². The lowest BCUT2D eigenvalue weighted by atomic mass is 9.95. The summed E-state index contributed by atoms with van der Waals surface area (Å²) in [6, 6.07) is 13.0. The lowest BCUT2D eigenvalue weighted by Crippen LogP contribution is -2.42. The Morgan fingerprint density at radius 1 is 1.06 bits per heavy atom. The van der Waals surface area contributed by atoms with Crippen molar-refractivity contribution < 1.29 is 18.8 Å². The van der Waals surface area contributed by atoms with E-state index >= 15 is 0 Å². The minimum atomic E-state index is -0.489. The van der Waals surface area contributed by atoms with Crippen LogP contribution in [0.25, 0.3) is 10.6 Å². The number of hydrogen-bond donors (Lipinski definition) is 2. The van der Waals surface area contributed by atoms with E-state index in [9.17, 15) is 18.8 Å². The minimum Gasteiger partial charge on any atom is -0.369 e. The van der Waals surface area contributed by atoms with Crippen LogP contribution >= 0.6 is 11.3 Å². The molecule has 0 aliphatic carbocycles. The van der Waals surface area contributed by atoms with Crippen molar-refractivity contribution in [3.05, 3.63) is 71.0 Å². The monoisotopic (exact) mass is 452 g/mol. The zero-order valence-corrected chi connectivity index (χ0v) is 17.9. The Bertz CT molecular complexity index is 1170. The molecule has 0 atom stereocenters. The van der Waals surface area contributed by atoms with Crippen molar-refractivity contribution in [3.63, 3.8) is 0 Å². The van der Waals surface area contributed by atoms with E-state index < -0.39 is 11.7 Å². The van der Waals surface area contributed by atoms with Crippen molar-refractivity contribution in [2.24, 2.45) is 11.7 Å². The Labute approximate surface area is 188 Å². The van der Waals surface area contributed by atoms with E-state index in [1.165, 1.54) is 17.4 Å². The van der Waals surface area contributed by atoms with Gasteiger partial charge in [-0.3, -0.25) is 14.4 Å². The first kappa shape index (κ1) is 21.6. The highest BCUT2D eigenvalue weighted by Crippen LogP contribution is 2.27. The van der Waals surface area contributed by atoms with E-state index in [0.717, 1.165) is 0 Å². The first-order chi connectivity index (χ1) is 15.4. The summed E-state index contributed by atoms with van der Waals surface area (Å²) in [5, 5.41) is 4.69. The predicted molar refractivity (Wildman–Crippen MR) is 120 cm³/mol. The first-order valence-electron chi connectivity index (χ1n) is 10.1. The largest absolute Gasteiger partial charge is 0.369 e. The lowest BCUT2D eigenvalue weighted by molar-refractivity contribution is -0.123. The van der Waals surface area contributed by atoms with Gasteiger partial charge >= 0.3 is 0 Å². The molecule has 0 spiro atoms. The molecule has 2 aromatic carbocycles. The SMILES string of the molecule is NC(=O)C1CCN(C(=O)c2ccccc2NC(=O)c2csc(-c3ccccc3F)n2)CC1. The van der Waals surface area contributed by atoms with Crippen LogP contribution in [0.15, 0.2) is 53.9 Å². The van der Waals surface area contributed by atoms with Crippen molar-refractivity contribution in [2.75, 3.05) is 18.4 Å². The first-order valence-corrected chi connectivity index (χ1v) is 11.0. The summed E-state index contributed by atoms with van der Waals surface area (Å²) in [5.41, 5.74) is 6.54. The normalized spacial score (nSPS) is 14.2. The number of carbonyl (C=O) groups excluding carboxylic acids is 3. The quantitative estimate of drug-likeness (QED) is 0.618. The van der Waals surface area contributed by atoms with Gasteiger partial charge in [0.05, 0.1) is 11.3 Å². The minimum absolute atomic E-state index is 0.137. The number of piperidine rings is 1. The second kappa shape index (κ2) is 9.27. The second-order valence-electron chi connectivity index (χ2n) is 7.49. The summed E-state index contributed by atoms with van der Waals surface area (Å²) in [6.07, 6.45) is 1.04. The number of aromatic nitrogens is 1. The van der Waals surface area contributed by atoms with Gasteiger partial charge in [0.1, 0.15) is 16.5 Å². The zero-order chi connectivity index (χ0) is 22.7. The third kappa shape index (κ3) is 4.52. The number of thiazole rings is 1. The van der Waals surface area contributed by atoms with Crippen molar-refractivity contribution >= 4 is 34.7 Å². The van der Waals surface area contributed by atoms with Crippen molar-refractivity contribution in [3.8, 4) is 10.6 Å². The molecule has 0 saturated carbocycles. The zero-order valence-electron chi connectivity index (χ0n) is 17.1. The molecule has 32 heavy (non-hydrogen) atoms. The van der Waals surface area contributed by atoms with Crippen LogP contribution < -0.4 is 11.1 Å². The number of carbonyl (C=O) groups is 3. The van der Waals surface area contributed by atoms with Gasteiger partial charge in [-0.1, -0.05) is 24.3 Å². The molecule has 0 bridgehead atoms. The summed E-state index contributed by atoms with van der Waals surface area (Å²) in [4.78, 5) is 43.1. The molecule has 164 valence electrons. The van der Waals surface area contributed by atoms with E-state index in [2.05, 4.69) is 10.3 Å². The maximum absolute atomic E-state index is 14.0. The number of nitrogens with two attached hydrogens (primary N) is 1. The van der Waals surface area contributed by atoms with Gasteiger partial charge in [-0.15, -0.1) is 11.3 Å². The molecule has 7 nitrogen and oxygen atoms in total. The van der Waals surface area contributed by atoms with Gasteiger partial charge < -0.3 is 16.0 Å². The molecule has 1 aliphatic rings. The van der Waals surface area contributed by atoms with Crippen LogP contribution in [0.4, 0.5) is 10.1 Å². The third-order valence-electron chi connectivity index (χ3n) is 5.43. The molecule has 9 heteroatoms. The number of nitrogens with one attached hydrogen (secondary N) is 1. The van der Waals surface area contributed by atoms with Gasteiger partial charge in [-0.2, -0.15) is 0 Å². The molecule has 3 aromatic rings.